The second-order valence-corrected chi connectivity index (χ2v) is 6.13. The fraction of sp³-hybridized carbons (Fsp3) is 0. The molecule has 2 aromatic heterocycles. The van der Waals surface area contributed by atoms with Gasteiger partial charge in [0.2, 0.25) is 0 Å². The topological polar surface area (TPSA) is 58.4 Å². The molecule has 2 amide bonds. The molecule has 0 unspecified atom stereocenters. The number of nitrogens with one attached hydrogen (secondary N) is 2. The van der Waals surface area contributed by atoms with Crippen molar-refractivity contribution in [1.29, 1.82) is 0 Å². The highest BCUT2D eigenvalue weighted by Gasteiger charge is 2.16. The Morgan fingerprint density at radius 3 is 2.38 bits per heavy atom. The Morgan fingerprint density at radius 2 is 1.62 bits per heavy atom. The van der Waals surface area contributed by atoms with E-state index < -0.39 is 0 Å². The second-order valence-electron chi connectivity index (χ2n) is 5.69. The molecule has 5 nitrogen and oxygen atoms in total. The van der Waals surface area contributed by atoms with Crippen LogP contribution in [0.2, 0.25) is 5.02 Å². The molecular weight excluding hydrogens is 348 g/mol. The summed E-state index contributed by atoms with van der Waals surface area (Å²) in [7, 11) is 0. The number of aromatic nitrogens is 2. The quantitative estimate of drug-likeness (QED) is 0.519. The molecule has 0 radical (unpaired) electrons. The molecule has 4 rings (SSSR count). The number of para-hydroxylation sites is 1. The summed E-state index contributed by atoms with van der Waals surface area (Å²) in [6, 6.07) is 22.0. The van der Waals surface area contributed by atoms with Gasteiger partial charge in [-0.25, -0.2) is 9.78 Å². The van der Waals surface area contributed by atoms with Gasteiger partial charge < -0.3 is 5.32 Å². The lowest BCUT2D eigenvalue weighted by Crippen LogP contribution is -2.20. The van der Waals surface area contributed by atoms with Crippen LogP contribution in [0.1, 0.15) is 0 Å². The van der Waals surface area contributed by atoms with E-state index in [-0.39, 0.29) is 6.03 Å². The van der Waals surface area contributed by atoms with Crippen LogP contribution >= 0.6 is 11.6 Å². The maximum atomic E-state index is 12.5. The summed E-state index contributed by atoms with van der Waals surface area (Å²) in [5.41, 5.74) is 3.00. The van der Waals surface area contributed by atoms with Gasteiger partial charge in [0.05, 0.1) is 0 Å². The Labute approximate surface area is 155 Å². The van der Waals surface area contributed by atoms with E-state index in [4.69, 9.17) is 11.6 Å². The molecule has 0 atom stereocenters. The van der Waals surface area contributed by atoms with Gasteiger partial charge in [-0.2, -0.15) is 0 Å². The average Bonchev–Trinajstić information content (AvgIpc) is 3.02. The molecule has 2 heterocycles. The molecule has 0 saturated heterocycles. The predicted octanol–water partition coefficient (Wildman–Crippen LogP) is 5.30. The van der Waals surface area contributed by atoms with Crippen LogP contribution in [0.15, 0.2) is 79.0 Å². The van der Waals surface area contributed by atoms with Crippen LogP contribution in [0.3, 0.4) is 0 Å². The van der Waals surface area contributed by atoms with Crippen LogP contribution < -0.4 is 10.6 Å². The third kappa shape index (κ3) is 3.25. The molecule has 6 heteroatoms. The van der Waals surface area contributed by atoms with E-state index in [1.54, 1.807) is 12.1 Å². The molecular formula is C20H15ClN4O. The van der Waals surface area contributed by atoms with Crippen molar-refractivity contribution < 1.29 is 4.79 Å². The van der Waals surface area contributed by atoms with E-state index in [0.717, 1.165) is 11.2 Å². The molecule has 2 aromatic carbocycles. The number of anilines is 2. The monoisotopic (exact) mass is 362 g/mol. The van der Waals surface area contributed by atoms with Gasteiger partial charge in [0.25, 0.3) is 0 Å². The van der Waals surface area contributed by atoms with E-state index in [1.165, 1.54) is 0 Å². The van der Waals surface area contributed by atoms with Gasteiger partial charge in [0.1, 0.15) is 17.2 Å². The SMILES string of the molecule is O=C(Nc1ccccc1)Nc1c(-c2ccc(Cl)cc2)nc2ccccn12. The van der Waals surface area contributed by atoms with E-state index in [0.29, 0.717) is 22.2 Å². The molecule has 0 aliphatic carbocycles. The lowest BCUT2D eigenvalue weighted by atomic mass is 10.1. The Balaban J connectivity index is 1.72. The summed E-state index contributed by atoms with van der Waals surface area (Å²) >= 11 is 5.99. The summed E-state index contributed by atoms with van der Waals surface area (Å²) in [6.07, 6.45) is 1.86. The molecule has 4 aromatic rings. The van der Waals surface area contributed by atoms with Gasteiger partial charge >= 0.3 is 6.03 Å². The molecule has 2 N–H and O–H groups in total. The number of hydrogen-bond acceptors (Lipinski definition) is 2. The molecule has 0 aliphatic heterocycles. The molecule has 0 saturated carbocycles. The Morgan fingerprint density at radius 1 is 0.885 bits per heavy atom. The third-order valence-electron chi connectivity index (χ3n) is 3.91. The van der Waals surface area contributed by atoms with Crippen molar-refractivity contribution in [2.75, 3.05) is 10.6 Å². The van der Waals surface area contributed by atoms with Gasteiger partial charge in [-0.1, -0.05) is 48.0 Å². The Hall–Kier alpha value is -3.31. The minimum absolute atomic E-state index is 0.336. The van der Waals surface area contributed by atoms with Crippen LogP contribution in [0.4, 0.5) is 16.3 Å². The number of rotatable bonds is 3. The molecule has 0 spiro atoms. The highest BCUT2D eigenvalue weighted by molar-refractivity contribution is 6.30. The summed E-state index contributed by atoms with van der Waals surface area (Å²) in [6.45, 7) is 0. The number of halogens is 1. The number of nitrogens with zero attached hydrogens (tertiary/aromatic N) is 2. The van der Waals surface area contributed by atoms with Crippen molar-refractivity contribution >= 4 is 34.8 Å². The maximum Gasteiger partial charge on any atom is 0.324 e. The largest absolute Gasteiger partial charge is 0.324 e. The summed E-state index contributed by atoms with van der Waals surface area (Å²) in [4.78, 5) is 17.1. The van der Waals surface area contributed by atoms with E-state index >= 15 is 0 Å². The number of benzene rings is 2. The zero-order valence-corrected chi connectivity index (χ0v) is 14.4. The number of carbonyl (C=O) groups is 1. The number of hydrogen-bond donors (Lipinski definition) is 2. The molecule has 0 bridgehead atoms. The zero-order valence-electron chi connectivity index (χ0n) is 13.7. The summed E-state index contributed by atoms with van der Waals surface area (Å²) < 4.78 is 1.84. The third-order valence-corrected chi connectivity index (χ3v) is 4.16. The normalized spacial score (nSPS) is 10.7. The Kier molecular flexibility index (Phi) is 4.29. The highest BCUT2D eigenvalue weighted by Crippen LogP contribution is 2.29. The van der Waals surface area contributed by atoms with E-state index in [2.05, 4.69) is 15.6 Å². The minimum Gasteiger partial charge on any atom is -0.308 e. The van der Waals surface area contributed by atoms with Crippen molar-refractivity contribution in [1.82, 2.24) is 9.38 Å². The molecule has 26 heavy (non-hydrogen) atoms. The first kappa shape index (κ1) is 16.2. The minimum atomic E-state index is -0.336. The fourth-order valence-electron chi connectivity index (χ4n) is 2.72. The average molecular weight is 363 g/mol. The van der Waals surface area contributed by atoms with Crippen molar-refractivity contribution in [2.45, 2.75) is 0 Å². The van der Waals surface area contributed by atoms with Crippen LogP contribution in [0.25, 0.3) is 16.9 Å². The predicted molar refractivity (Wildman–Crippen MR) is 105 cm³/mol. The lowest BCUT2D eigenvalue weighted by molar-refractivity contribution is 0.262. The van der Waals surface area contributed by atoms with Crippen LogP contribution in [0, 0.1) is 0 Å². The number of fused-ring (bicyclic) bond motifs is 1. The van der Waals surface area contributed by atoms with Gasteiger partial charge in [-0.15, -0.1) is 0 Å². The molecule has 128 valence electrons. The van der Waals surface area contributed by atoms with Crippen molar-refractivity contribution in [3.63, 3.8) is 0 Å². The number of pyridine rings is 1. The standard InChI is InChI=1S/C20H15ClN4O/c21-15-11-9-14(10-12-15)18-19(25-13-5-4-8-17(25)23-18)24-20(26)22-16-6-2-1-3-7-16/h1-13H,(H2,22,24,26). The smallest absolute Gasteiger partial charge is 0.308 e. The van der Waals surface area contributed by atoms with E-state index in [1.807, 2.05) is 71.3 Å². The van der Waals surface area contributed by atoms with Crippen molar-refractivity contribution in [2.24, 2.45) is 0 Å². The Bertz CT molecular complexity index is 1060. The van der Waals surface area contributed by atoms with Crippen molar-refractivity contribution in [3.05, 3.63) is 84.0 Å². The fourth-order valence-corrected chi connectivity index (χ4v) is 2.84. The number of amides is 2. The lowest BCUT2D eigenvalue weighted by Gasteiger charge is -2.09. The number of carbonyl (C=O) groups excluding carboxylic acids is 1. The summed E-state index contributed by atoms with van der Waals surface area (Å²) in [5.74, 6) is 0.594. The van der Waals surface area contributed by atoms with Gasteiger partial charge in [0, 0.05) is 22.5 Å². The van der Waals surface area contributed by atoms with Gasteiger partial charge in [-0.05, 0) is 36.4 Å². The van der Waals surface area contributed by atoms with E-state index in [9.17, 15) is 4.79 Å². The first-order valence-corrected chi connectivity index (χ1v) is 8.44. The number of imidazole rings is 1. The molecule has 0 fully saturated rings. The van der Waals surface area contributed by atoms with Crippen LogP contribution in [0.5, 0.6) is 0 Å². The zero-order chi connectivity index (χ0) is 17.9. The van der Waals surface area contributed by atoms with Crippen molar-refractivity contribution in [3.8, 4) is 11.3 Å². The molecule has 0 aliphatic rings. The van der Waals surface area contributed by atoms with Gasteiger partial charge in [0.15, 0.2) is 0 Å². The highest BCUT2D eigenvalue weighted by atomic mass is 35.5. The maximum absolute atomic E-state index is 12.5. The summed E-state index contributed by atoms with van der Waals surface area (Å²) in [5, 5.41) is 6.38. The van der Waals surface area contributed by atoms with Crippen LogP contribution in [-0.2, 0) is 0 Å². The second kappa shape index (κ2) is 6.90. The number of urea groups is 1. The first-order chi connectivity index (χ1) is 12.7. The van der Waals surface area contributed by atoms with Gasteiger partial charge in [-0.3, -0.25) is 9.72 Å². The van der Waals surface area contributed by atoms with Crippen LogP contribution in [-0.4, -0.2) is 15.4 Å². The first-order valence-electron chi connectivity index (χ1n) is 8.07.